The molecule has 0 aliphatic heterocycles. The summed E-state index contributed by atoms with van der Waals surface area (Å²) < 4.78 is 61.5. The van der Waals surface area contributed by atoms with Crippen LogP contribution in [0.1, 0.15) is 10.4 Å². The second kappa shape index (κ2) is 3.96. The van der Waals surface area contributed by atoms with E-state index in [1.165, 1.54) is 0 Å². The van der Waals surface area contributed by atoms with Gasteiger partial charge < -0.3 is 0 Å². The summed E-state index contributed by atoms with van der Waals surface area (Å²) in [4.78, 5) is 10.9. The highest BCUT2D eigenvalue weighted by Crippen LogP contribution is 2.28. The highest BCUT2D eigenvalue weighted by atomic mass is 19.3. The number of carbonyl (C=O) groups is 1. The van der Waals surface area contributed by atoms with Crippen LogP contribution < -0.4 is 0 Å². The molecule has 0 N–H and O–H groups in total. The van der Waals surface area contributed by atoms with Crippen molar-refractivity contribution < 1.29 is 26.7 Å². The fourth-order valence-electron chi connectivity index (χ4n) is 0.924. The molecule has 15 heavy (non-hydrogen) atoms. The molecule has 1 nitrogen and oxygen atoms in total. The number of alkyl halides is 4. The molecule has 0 radical (unpaired) electrons. The fourth-order valence-corrected chi connectivity index (χ4v) is 0.924. The van der Waals surface area contributed by atoms with Gasteiger partial charge in [-0.2, -0.15) is 8.78 Å². The lowest BCUT2D eigenvalue weighted by Gasteiger charge is -2.13. The Hall–Kier alpha value is -1.46. The molecule has 82 valence electrons. The Morgan fingerprint density at radius 1 is 1.20 bits per heavy atom. The molecule has 1 rings (SSSR count). The van der Waals surface area contributed by atoms with Gasteiger partial charge in [-0.05, 0) is 12.1 Å². The van der Waals surface area contributed by atoms with Crippen LogP contribution >= 0.6 is 0 Å². The zero-order valence-corrected chi connectivity index (χ0v) is 7.18. The lowest BCUT2D eigenvalue weighted by molar-refractivity contribution is -0.0959. The number of carbonyl (C=O) groups excluding carboxylic acids is 1. The van der Waals surface area contributed by atoms with Gasteiger partial charge in [0, 0.05) is 0 Å². The first-order valence-electron chi connectivity index (χ1n) is 3.82. The zero-order valence-electron chi connectivity index (χ0n) is 7.18. The Labute approximate surface area is 81.5 Å². The number of hydrogen-bond donors (Lipinski definition) is 0. The van der Waals surface area contributed by atoms with Gasteiger partial charge in [0.15, 0.2) is 0 Å². The minimum atomic E-state index is -4.86. The van der Waals surface area contributed by atoms with E-state index in [9.17, 15) is 26.7 Å². The van der Waals surface area contributed by atoms with Gasteiger partial charge in [-0.15, -0.1) is 0 Å². The third kappa shape index (κ3) is 2.14. The van der Waals surface area contributed by atoms with Gasteiger partial charge >= 0.3 is 12.3 Å². The van der Waals surface area contributed by atoms with Gasteiger partial charge in [0.05, 0.1) is 5.56 Å². The Balaban J connectivity index is 3.11. The molecule has 0 aliphatic rings. The van der Waals surface area contributed by atoms with Gasteiger partial charge in [-0.1, -0.05) is 12.1 Å². The topological polar surface area (TPSA) is 17.1 Å². The van der Waals surface area contributed by atoms with Crippen LogP contribution in [0.15, 0.2) is 24.3 Å². The van der Waals surface area contributed by atoms with E-state index in [1.54, 1.807) is 0 Å². The van der Waals surface area contributed by atoms with E-state index in [2.05, 4.69) is 0 Å². The van der Waals surface area contributed by atoms with Crippen molar-refractivity contribution in [3.05, 3.63) is 35.6 Å². The van der Waals surface area contributed by atoms with Crippen molar-refractivity contribution in [2.75, 3.05) is 0 Å². The zero-order chi connectivity index (χ0) is 11.6. The minimum absolute atomic E-state index is 0.730. The van der Waals surface area contributed by atoms with Crippen molar-refractivity contribution in [2.24, 2.45) is 0 Å². The van der Waals surface area contributed by atoms with Gasteiger partial charge in [0.25, 0.3) is 0 Å². The number of benzene rings is 1. The molecule has 0 aromatic heterocycles. The largest absolute Gasteiger partial charge is 0.368 e. The van der Waals surface area contributed by atoms with E-state index >= 15 is 0 Å². The first-order chi connectivity index (χ1) is 6.87. The molecular formula is C9H5F5O. The summed E-state index contributed by atoms with van der Waals surface area (Å²) in [6, 6.07) is 3.74. The maximum atomic E-state index is 12.8. The van der Waals surface area contributed by atoms with E-state index in [0.717, 1.165) is 24.3 Å². The van der Waals surface area contributed by atoms with Crippen molar-refractivity contribution >= 4 is 5.78 Å². The highest BCUT2D eigenvalue weighted by molar-refractivity contribution is 6.01. The first kappa shape index (κ1) is 11.6. The van der Waals surface area contributed by atoms with Crippen LogP contribution in [0, 0.1) is 5.82 Å². The third-order valence-corrected chi connectivity index (χ3v) is 1.70. The van der Waals surface area contributed by atoms with Crippen molar-refractivity contribution in [3.8, 4) is 0 Å². The summed E-state index contributed by atoms with van der Waals surface area (Å²) in [5.41, 5.74) is -1.04. The van der Waals surface area contributed by atoms with Crippen LogP contribution in [0.3, 0.4) is 0 Å². The van der Waals surface area contributed by atoms with E-state index in [1.807, 2.05) is 0 Å². The number of Topliss-reactive ketones (excluding diaryl/α,β-unsaturated/α-hetero) is 1. The predicted molar refractivity (Wildman–Crippen MR) is 41.7 cm³/mol. The average molecular weight is 224 g/mol. The fraction of sp³-hybridized carbons (Fsp3) is 0.222. The second-order valence-electron chi connectivity index (χ2n) is 2.73. The lowest BCUT2D eigenvalue weighted by Crippen LogP contribution is -2.37. The van der Waals surface area contributed by atoms with Crippen molar-refractivity contribution in [2.45, 2.75) is 12.3 Å². The Kier molecular flexibility index (Phi) is 3.06. The summed E-state index contributed by atoms with van der Waals surface area (Å²) in [5.74, 6) is -8.32. The van der Waals surface area contributed by atoms with Crippen LogP contribution in [0.5, 0.6) is 0 Å². The maximum absolute atomic E-state index is 12.8. The monoisotopic (exact) mass is 224 g/mol. The van der Waals surface area contributed by atoms with Crippen LogP contribution in [-0.2, 0) is 0 Å². The van der Waals surface area contributed by atoms with Crippen LogP contribution in [0.25, 0.3) is 0 Å². The molecule has 0 unspecified atom stereocenters. The number of rotatable bonds is 3. The molecule has 6 heteroatoms. The molecule has 0 atom stereocenters. The minimum Gasteiger partial charge on any atom is -0.287 e. The molecule has 0 fully saturated rings. The highest BCUT2D eigenvalue weighted by Gasteiger charge is 2.49. The second-order valence-corrected chi connectivity index (χ2v) is 2.73. The first-order valence-corrected chi connectivity index (χ1v) is 3.82. The smallest absolute Gasteiger partial charge is 0.287 e. The summed E-state index contributed by atoms with van der Waals surface area (Å²) >= 11 is 0. The number of hydrogen-bond acceptors (Lipinski definition) is 1. The Morgan fingerprint density at radius 3 is 2.20 bits per heavy atom. The van der Waals surface area contributed by atoms with E-state index in [-0.39, 0.29) is 0 Å². The van der Waals surface area contributed by atoms with E-state index in [0.29, 0.717) is 0 Å². The Bertz CT molecular complexity index is 375. The quantitative estimate of drug-likeness (QED) is 0.569. The van der Waals surface area contributed by atoms with Crippen molar-refractivity contribution in [1.29, 1.82) is 0 Å². The molecule has 0 saturated heterocycles. The molecule has 0 bridgehead atoms. The standard InChI is InChI=1S/C9H5F5O/c10-6-4-2-1-3-5(6)7(15)9(13,14)8(11)12/h1-4,8H. The summed E-state index contributed by atoms with van der Waals surface area (Å²) in [6.07, 6.45) is -4.15. The maximum Gasteiger partial charge on any atom is 0.368 e. The molecule has 0 aliphatic carbocycles. The number of halogens is 5. The molecule has 0 heterocycles. The SMILES string of the molecule is O=C(c1ccccc1F)C(F)(F)C(F)F. The molecule has 0 spiro atoms. The van der Waals surface area contributed by atoms with Gasteiger partial charge in [0.2, 0.25) is 5.78 Å². The van der Waals surface area contributed by atoms with Crippen LogP contribution in [0.2, 0.25) is 0 Å². The summed E-state index contributed by atoms with van der Waals surface area (Å²) in [7, 11) is 0. The lowest BCUT2D eigenvalue weighted by atomic mass is 10.1. The average Bonchev–Trinajstić information content (AvgIpc) is 2.17. The van der Waals surface area contributed by atoms with E-state index in [4.69, 9.17) is 0 Å². The van der Waals surface area contributed by atoms with Gasteiger partial charge in [-0.3, -0.25) is 4.79 Å². The van der Waals surface area contributed by atoms with Gasteiger partial charge in [-0.25, -0.2) is 13.2 Å². The third-order valence-electron chi connectivity index (χ3n) is 1.70. The van der Waals surface area contributed by atoms with Crippen molar-refractivity contribution in [3.63, 3.8) is 0 Å². The molecular weight excluding hydrogens is 219 g/mol. The molecule has 1 aromatic carbocycles. The Morgan fingerprint density at radius 2 is 1.73 bits per heavy atom. The molecule has 1 aromatic rings. The summed E-state index contributed by atoms with van der Waals surface area (Å²) in [6.45, 7) is 0. The van der Waals surface area contributed by atoms with Gasteiger partial charge in [0.1, 0.15) is 5.82 Å². The summed E-state index contributed by atoms with van der Waals surface area (Å²) in [5, 5.41) is 0. The van der Waals surface area contributed by atoms with E-state index < -0.39 is 29.5 Å². The predicted octanol–water partition coefficient (Wildman–Crippen LogP) is 2.91. The van der Waals surface area contributed by atoms with Crippen molar-refractivity contribution in [1.82, 2.24) is 0 Å². The van der Waals surface area contributed by atoms with Crippen LogP contribution in [0.4, 0.5) is 22.0 Å². The molecule has 0 saturated carbocycles. The van der Waals surface area contributed by atoms with Crippen LogP contribution in [-0.4, -0.2) is 18.1 Å². The molecule has 0 amide bonds. The number of ketones is 1. The normalized spacial score (nSPS) is 11.9.